The lowest BCUT2D eigenvalue weighted by molar-refractivity contribution is -0.0365. The van der Waals surface area contributed by atoms with Crippen LogP contribution in [-0.2, 0) is 9.47 Å². The number of piperidine rings is 1. The van der Waals surface area contributed by atoms with Gasteiger partial charge in [0.2, 0.25) is 5.88 Å². The molecule has 0 radical (unpaired) electrons. The van der Waals surface area contributed by atoms with Crippen molar-refractivity contribution in [2.24, 2.45) is 0 Å². The minimum absolute atomic E-state index is 0.0536. The molecule has 236 valence electrons. The Morgan fingerprint density at radius 3 is 2.62 bits per heavy atom. The van der Waals surface area contributed by atoms with Gasteiger partial charge in [0.05, 0.1) is 11.2 Å². The Hall–Kier alpha value is -3.56. The van der Waals surface area contributed by atoms with Crippen LogP contribution in [0.25, 0.3) is 38.6 Å². The Morgan fingerprint density at radius 2 is 1.87 bits per heavy atom. The van der Waals surface area contributed by atoms with Crippen molar-refractivity contribution in [3.63, 3.8) is 0 Å². The number of pyridine rings is 1. The van der Waals surface area contributed by atoms with Crippen molar-refractivity contribution in [3.8, 4) is 17.3 Å². The van der Waals surface area contributed by atoms with Gasteiger partial charge in [-0.25, -0.2) is 14.5 Å². The molecular weight excluding hydrogens is 584 g/mol. The molecule has 7 rings (SSSR count). The number of hydrogen-bond acceptors (Lipinski definition) is 7. The highest BCUT2D eigenvalue weighted by Gasteiger charge is 2.29. The van der Waals surface area contributed by atoms with Crippen LogP contribution in [0, 0.1) is 0 Å². The van der Waals surface area contributed by atoms with E-state index in [0.717, 1.165) is 71.1 Å². The first kappa shape index (κ1) is 30.1. The predicted octanol–water partition coefficient (Wildman–Crippen LogP) is 8.25. The number of carbonyl (C=O) groups is 1. The van der Waals surface area contributed by atoms with Crippen molar-refractivity contribution >= 4 is 45.1 Å². The van der Waals surface area contributed by atoms with E-state index in [-0.39, 0.29) is 18.4 Å². The zero-order chi connectivity index (χ0) is 31.0. The molecule has 1 unspecified atom stereocenters. The summed E-state index contributed by atoms with van der Waals surface area (Å²) in [6.45, 7) is 7.61. The van der Waals surface area contributed by atoms with Crippen LogP contribution in [0.4, 0.5) is 4.79 Å². The summed E-state index contributed by atoms with van der Waals surface area (Å²) in [5, 5.41) is 8.33. The Morgan fingerprint density at radius 1 is 1.02 bits per heavy atom. The van der Waals surface area contributed by atoms with Crippen molar-refractivity contribution < 1.29 is 19.0 Å². The maximum Gasteiger partial charge on any atom is 0.410 e. The first-order valence-electron chi connectivity index (χ1n) is 16.3. The monoisotopic (exact) mass is 626 g/mol. The number of aromatic nitrogens is 3. The number of fused-ring (bicyclic) bond motifs is 2. The third-order valence-electron chi connectivity index (χ3n) is 8.74. The van der Waals surface area contributed by atoms with Crippen LogP contribution in [0.1, 0.15) is 71.1 Å². The summed E-state index contributed by atoms with van der Waals surface area (Å²) in [7, 11) is 0. The quantitative estimate of drug-likeness (QED) is 0.221. The van der Waals surface area contributed by atoms with Gasteiger partial charge in [-0.1, -0.05) is 30.3 Å². The van der Waals surface area contributed by atoms with Gasteiger partial charge in [0.1, 0.15) is 17.4 Å². The molecule has 2 fully saturated rings. The second-order valence-corrected chi connectivity index (χ2v) is 14.3. The average Bonchev–Trinajstić information content (AvgIpc) is 3.44. The van der Waals surface area contributed by atoms with Crippen molar-refractivity contribution in [2.75, 3.05) is 31.2 Å². The highest BCUT2D eigenvalue weighted by molar-refractivity contribution is 7.99. The molecule has 0 aliphatic carbocycles. The number of hydrogen-bond donors (Lipinski definition) is 0. The fourth-order valence-corrected chi connectivity index (χ4v) is 7.38. The van der Waals surface area contributed by atoms with E-state index in [1.165, 1.54) is 16.9 Å². The van der Waals surface area contributed by atoms with Gasteiger partial charge in [0, 0.05) is 49.1 Å². The van der Waals surface area contributed by atoms with Gasteiger partial charge in [-0.3, -0.25) is 0 Å². The number of amides is 1. The number of likely N-dealkylation sites (tertiary alicyclic amines) is 1. The summed E-state index contributed by atoms with van der Waals surface area (Å²) in [4.78, 5) is 19.6. The third kappa shape index (κ3) is 6.56. The molecule has 2 aromatic carbocycles. The van der Waals surface area contributed by atoms with E-state index in [0.29, 0.717) is 31.8 Å². The van der Waals surface area contributed by atoms with Crippen molar-refractivity contribution in [1.29, 1.82) is 0 Å². The summed E-state index contributed by atoms with van der Waals surface area (Å²) < 4.78 is 20.5. The lowest BCUT2D eigenvalue weighted by Gasteiger charge is -2.33. The number of benzene rings is 2. The smallest absolute Gasteiger partial charge is 0.410 e. The molecule has 2 aromatic heterocycles. The van der Waals surface area contributed by atoms with E-state index in [1.54, 1.807) is 4.90 Å². The van der Waals surface area contributed by atoms with Crippen LogP contribution < -0.4 is 4.74 Å². The van der Waals surface area contributed by atoms with Crippen molar-refractivity contribution in [1.82, 2.24) is 19.7 Å². The molecule has 9 heteroatoms. The molecule has 0 saturated carbocycles. The Labute approximate surface area is 269 Å². The largest absolute Gasteiger partial charge is 0.474 e. The normalized spacial score (nSPS) is 19.9. The molecular formula is C36H42N4O4S. The van der Waals surface area contributed by atoms with E-state index in [4.69, 9.17) is 24.3 Å². The van der Waals surface area contributed by atoms with Crippen LogP contribution in [-0.4, -0.2) is 68.7 Å². The molecule has 0 N–H and O–H groups in total. The maximum absolute atomic E-state index is 12.6. The number of carbonyl (C=O) groups excluding carboxylic acids is 1. The van der Waals surface area contributed by atoms with E-state index in [1.807, 2.05) is 44.7 Å². The SMILES string of the molecule is CC(C)(C)OC(=O)N1CCC(Oc2nc(-c3nn(C4CCCCO4)c4ccc(C5=CCCSC5)cc34)cc3ccccc23)CC1. The van der Waals surface area contributed by atoms with Crippen LogP contribution in [0.5, 0.6) is 5.88 Å². The van der Waals surface area contributed by atoms with Gasteiger partial charge in [-0.2, -0.15) is 16.9 Å². The summed E-state index contributed by atoms with van der Waals surface area (Å²) in [6.07, 6.45) is 7.66. The van der Waals surface area contributed by atoms with E-state index in [2.05, 4.69) is 47.2 Å². The van der Waals surface area contributed by atoms with Crippen LogP contribution in [0.3, 0.4) is 0 Å². The maximum atomic E-state index is 12.6. The van der Waals surface area contributed by atoms with E-state index >= 15 is 0 Å². The Balaban J connectivity index is 1.24. The standard InChI is InChI=1S/C36H42N4O4S/c1-36(2,3)44-35(41)39-17-15-27(16-18-39)43-34-28-11-5-4-9-25(28)22-30(37-34)33-29-21-24(26-10-8-20-45-23-26)13-14-31(29)40(38-33)32-12-6-7-19-42-32/h4-5,9-11,13-14,21-22,27,32H,6-8,12,15-20,23H2,1-3H3. The molecule has 8 nitrogen and oxygen atoms in total. The predicted molar refractivity (Wildman–Crippen MR) is 181 cm³/mol. The number of rotatable bonds is 5. The molecule has 1 atom stereocenters. The zero-order valence-corrected chi connectivity index (χ0v) is 27.3. The minimum Gasteiger partial charge on any atom is -0.474 e. The van der Waals surface area contributed by atoms with Crippen LogP contribution in [0.15, 0.2) is 54.6 Å². The second kappa shape index (κ2) is 12.7. The topological polar surface area (TPSA) is 78.7 Å². The Kier molecular flexibility index (Phi) is 8.48. The highest BCUT2D eigenvalue weighted by atomic mass is 32.2. The summed E-state index contributed by atoms with van der Waals surface area (Å²) >= 11 is 1.99. The summed E-state index contributed by atoms with van der Waals surface area (Å²) in [5.74, 6) is 2.82. The molecule has 4 aromatic rings. The number of ether oxygens (including phenoxy) is 3. The third-order valence-corrected chi connectivity index (χ3v) is 9.78. The average molecular weight is 627 g/mol. The minimum atomic E-state index is -0.513. The van der Waals surface area contributed by atoms with Crippen molar-refractivity contribution in [3.05, 3.63) is 60.2 Å². The molecule has 5 heterocycles. The molecule has 3 aliphatic heterocycles. The second-order valence-electron chi connectivity index (χ2n) is 13.2. The molecule has 1 amide bonds. The summed E-state index contributed by atoms with van der Waals surface area (Å²) in [6, 6.07) is 17.1. The fourth-order valence-electron chi connectivity index (χ4n) is 6.44. The molecule has 2 saturated heterocycles. The van der Waals surface area contributed by atoms with E-state index in [9.17, 15) is 4.79 Å². The molecule has 45 heavy (non-hydrogen) atoms. The number of allylic oxidation sites excluding steroid dienone is 1. The fraction of sp³-hybridized carbons (Fsp3) is 0.472. The van der Waals surface area contributed by atoms with Gasteiger partial charge < -0.3 is 19.1 Å². The van der Waals surface area contributed by atoms with E-state index < -0.39 is 5.60 Å². The van der Waals surface area contributed by atoms with Gasteiger partial charge in [0.15, 0.2) is 6.23 Å². The molecule has 0 bridgehead atoms. The van der Waals surface area contributed by atoms with Gasteiger partial charge in [-0.15, -0.1) is 0 Å². The van der Waals surface area contributed by atoms with Gasteiger partial charge in [0.25, 0.3) is 0 Å². The van der Waals surface area contributed by atoms with Crippen LogP contribution >= 0.6 is 11.8 Å². The molecule has 3 aliphatic rings. The molecule has 0 spiro atoms. The van der Waals surface area contributed by atoms with Gasteiger partial charge >= 0.3 is 6.09 Å². The highest BCUT2D eigenvalue weighted by Crippen LogP contribution is 2.38. The van der Waals surface area contributed by atoms with Crippen LogP contribution in [0.2, 0.25) is 0 Å². The first-order valence-corrected chi connectivity index (χ1v) is 17.4. The number of nitrogens with zero attached hydrogens (tertiary/aromatic N) is 4. The van der Waals surface area contributed by atoms with Gasteiger partial charge in [-0.05, 0) is 93.0 Å². The lowest BCUT2D eigenvalue weighted by atomic mass is 10.0. The lowest BCUT2D eigenvalue weighted by Crippen LogP contribution is -2.44. The van der Waals surface area contributed by atoms with Crippen molar-refractivity contribution in [2.45, 2.75) is 77.2 Å². The Bertz CT molecular complexity index is 1730. The first-order chi connectivity index (χ1) is 21.8. The number of thioether (sulfide) groups is 1. The zero-order valence-electron chi connectivity index (χ0n) is 26.5. The summed E-state index contributed by atoms with van der Waals surface area (Å²) in [5.41, 5.74) is 4.82.